The Kier molecular flexibility index (Phi) is 10.0. The normalized spacial score (nSPS) is 14.4. The highest BCUT2D eigenvalue weighted by Gasteiger charge is 2.34. The lowest BCUT2D eigenvalue weighted by Crippen LogP contribution is -2.39. The summed E-state index contributed by atoms with van der Waals surface area (Å²) in [7, 11) is 4.70. The van der Waals surface area contributed by atoms with Gasteiger partial charge in [0.15, 0.2) is 27.8 Å². The standard InChI is InChI=1S/C35H36N2O7S/c1-6-7-17-43-27-16-14-25(20-29(27)42-5)32-31(34(39)44-21-23-11-9-8-10-12-23)22(2)36-35-37(32)33(38)30(45-35)19-24-13-15-26(40-3)28(18-24)41-4/h8-16,18-20,32H,6-7,17,21H2,1-5H3. The number of hydrogen-bond donors (Lipinski definition) is 0. The maximum atomic E-state index is 14.1. The Morgan fingerprint density at radius 2 is 1.64 bits per heavy atom. The van der Waals surface area contributed by atoms with E-state index in [1.54, 1.807) is 57.1 Å². The number of carbonyl (C=O) groups is 1. The molecule has 4 aromatic rings. The van der Waals surface area contributed by atoms with Crippen LogP contribution in [0.15, 0.2) is 87.8 Å². The van der Waals surface area contributed by atoms with Crippen LogP contribution in [0.1, 0.15) is 49.4 Å². The molecule has 1 aromatic heterocycles. The van der Waals surface area contributed by atoms with Crippen LogP contribution in [0.3, 0.4) is 0 Å². The predicted molar refractivity (Wildman–Crippen MR) is 173 cm³/mol. The van der Waals surface area contributed by atoms with E-state index in [9.17, 15) is 9.59 Å². The van der Waals surface area contributed by atoms with E-state index in [1.165, 1.54) is 11.3 Å². The first-order chi connectivity index (χ1) is 21.9. The summed E-state index contributed by atoms with van der Waals surface area (Å²) in [5, 5.41) is 0. The van der Waals surface area contributed by atoms with Crippen molar-refractivity contribution in [3.05, 3.63) is 114 Å². The number of carbonyl (C=O) groups excluding carboxylic acids is 1. The molecule has 0 saturated carbocycles. The van der Waals surface area contributed by atoms with Crippen molar-refractivity contribution in [2.24, 2.45) is 4.99 Å². The maximum absolute atomic E-state index is 14.1. The smallest absolute Gasteiger partial charge is 0.338 e. The number of unbranched alkanes of at least 4 members (excludes halogenated alkanes) is 1. The van der Waals surface area contributed by atoms with Crippen molar-refractivity contribution in [3.63, 3.8) is 0 Å². The Morgan fingerprint density at radius 3 is 2.36 bits per heavy atom. The molecule has 0 spiro atoms. The third-order valence-electron chi connectivity index (χ3n) is 7.42. The van der Waals surface area contributed by atoms with E-state index in [-0.39, 0.29) is 17.7 Å². The fourth-order valence-corrected chi connectivity index (χ4v) is 6.14. The van der Waals surface area contributed by atoms with Gasteiger partial charge in [-0.25, -0.2) is 9.79 Å². The minimum absolute atomic E-state index is 0.0838. The van der Waals surface area contributed by atoms with Crippen molar-refractivity contribution in [2.45, 2.75) is 39.3 Å². The van der Waals surface area contributed by atoms with E-state index in [2.05, 4.69) is 6.92 Å². The number of rotatable bonds is 12. The van der Waals surface area contributed by atoms with Gasteiger partial charge in [0, 0.05) is 0 Å². The van der Waals surface area contributed by atoms with Gasteiger partial charge in [-0.2, -0.15) is 0 Å². The van der Waals surface area contributed by atoms with Crippen LogP contribution in [0.4, 0.5) is 0 Å². The third-order valence-corrected chi connectivity index (χ3v) is 8.40. The van der Waals surface area contributed by atoms with Gasteiger partial charge in [0.2, 0.25) is 0 Å². The van der Waals surface area contributed by atoms with E-state index >= 15 is 0 Å². The Balaban J connectivity index is 1.62. The van der Waals surface area contributed by atoms with E-state index in [0.29, 0.717) is 50.2 Å². The summed E-state index contributed by atoms with van der Waals surface area (Å²) in [5.41, 5.74) is 2.72. The van der Waals surface area contributed by atoms with Crippen LogP contribution in [0.2, 0.25) is 0 Å². The second-order valence-electron chi connectivity index (χ2n) is 10.4. The lowest BCUT2D eigenvalue weighted by Gasteiger charge is -2.25. The van der Waals surface area contributed by atoms with Crippen molar-refractivity contribution in [3.8, 4) is 23.0 Å². The van der Waals surface area contributed by atoms with Crippen LogP contribution in [-0.2, 0) is 16.1 Å². The van der Waals surface area contributed by atoms with Gasteiger partial charge >= 0.3 is 5.97 Å². The van der Waals surface area contributed by atoms with Gasteiger partial charge in [0.05, 0.1) is 49.8 Å². The van der Waals surface area contributed by atoms with Gasteiger partial charge in [-0.15, -0.1) is 0 Å². The number of benzene rings is 3. The summed E-state index contributed by atoms with van der Waals surface area (Å²) in [5.74, 6) is 1.67. The van der Waals surface area contributed by atoms with E-state index in [1.807, 2.05) is 48.5 Å². The molecule has 0 bridgehead atoms. The van der Waals surface area contributed by atoms with Gasteiger partial charge in [0.1, 0.15) is 6.61 Å². The van der Waals surface area contributed by atoms with Crippen LogP contribution in [0.5, 0.6) is 23.0 Å². The molecule has 1 aliphatic rings. The predicted octanol–water partition coefficient (Wildman–Crippen LogP) is 5.18. The number of nitrogens with zero attached hydrogens (tertiary/aromatic N) is 2. The summed E-state index contributed by atoms with van der Waals surface area (Å²) in [6.45, 7) is 4.49. The molecule has 0 fully saturated rings. The van der Waals surface area contributed by atoms with Crippen LogP contribution in [0, 0.1) is 0 Å². The van der Waals surface area contributed by atoms with Crippen molar-refractivity contribution < 1.29 is 28.5 Å². The zero-order chi connectivity index (χ0) is 31.9. The first kappa shape index (κ1) is 31.6. The highest BCUT2D eigenvalue weighted by molar-refractivity contribution is 7.07. The Morgan fingerprint density at radius 1 is 0.933 bits per heavy atom. The molecule has 1 atom stereocenters. The third kappa shape index (κ3) is 6.81. The second-order valence-corrected chi connectivity index (χ2v) is 11.4. The van der Waals surface area contributed by atoms with Crippen molar-refractivity contribution in [2.75, 3.05) is 27.9 Å². The van der Waals surface area contributed by atoms with Crippen LogP contribution in [-0.4, -0.2) is 38.5 Å². The molecule has 45 heavy (non-hydrogen) atoms. The number of allylic oxidation sites excluding steroid dienone is 1. The molecular formula is C35H36N2O7S. The SMILES string of the molecule is CCCCOc1ccc(C2C(C(=O)OCc3ccccc3)=C(C)N=c3sc(=Cc4ccc(OC)c(OC)c4)c(=O)n32)cc1OC. The minimum atomic E-state index is -0.810. The molecule has 0 saturated heterocycles. The topological polar surface area (TPSA) is 97.6 Å². The first-order valence-electron chi connectivity index (χ1n) is 14.6. The molecule has 5 rings (SSSR count). The summed E-state index contributed by atoms with van der Waals surface area (Å²) in [6.07, 6.45) is 3.68. The van der Waals surface area contributed by atoms with E-state index in [4.69, 9.17) is 28.7 Å². The van der Waals surface area contributed by atoms with Gasteiger partial charge < -0.3 is 23.7 Å². The number of hydrogen-bond acceptors (Lipinski definition) is 9. The fourth-order valence-electron chi connectivity index (χ4n) is 5.09. The summed E-state index contributed by atoms with van der Waals surface area (Å²) in [4.78, 5) is 33.1. The zero-order valence-corrected chi connectivity index (χ0v) is 26.8. The lowest BCUT2D eigenvalue weighted by molar-refractivity contribution is -0.140. The largest absolute Gasteiger partial charge is 0.493 e. The van der Waals surface area contributed by atoms with E-state index < -0.39 is 12.0 Å². The molecule has 0 N–H and O–H groups in total. The molecule has 10 heteroatoms. The van der Waals surface area contributed by atoms with Crippen LogP contribution in [0.25, 0.3) is 6.08 Å². The Hall–Kier alpha value is -4.83. The summed E-state index contributed by atoms with van der Waals surface area (Å²) < 4.78 is 30.2. The first-order valence-corrected chi connectivity index (χ1v) is 15.5. The van der Waals surface area contributed by atoms with Crippen LogP contribution < -0.4 is 33.8 Å². The second kappa shape index (κ2) is 14.3. The number of fused-ring (bicyclic) bond motifs is 1. The van der Waals surface area contributed by atoms with E-state index in [0.717, 1.165) is 24.0 Å². The van der Waals surface area contributed by atoms with Gasteiger partial charge in [-0.1, -0.05) is 67.1 Å². The Labute approximate surface area is 265 Å². The molecule has 0 radical (unpaired) electrons. The zero-order valence-electron chi connectivity index (χ0n) is 26.0. The molecule has 1 unspecified atom stereocenters. The van der Waals surface area contributed by atoms with Gasteiger partial charge in [-0.05, 0) is 60.4 Å². The van der Waals surface area contributed by atoms with Crippen molar-refractivity contribution in [1.29, 1.82) is 0 Å². The summed E-state index contributed by atoms with van der Waals surface area (Å²) in [6, 6.07) is 19.5. The summed E-state index contributed by atoms with van der Waals surface area (Å²) >= 11 is 1.25. The molecular weight excluding hydrogens is 592 g/mol. The number of ether oxygens (including phenoxy) is 5. The number of aromatic nitrogens is 1. The molecule has 234 valence electrons. The maximum Gasteiger partial charge on any atom is 0.338 e. The van der Waals surface area contributed by atoms with Gasteiger partial charge in [0.25, 0.3) is 5.56 Å². The molecule has 0 amide bonds. The molecule has 9 nitrogen and oxygen atoms in total. The van der Waals surface area contributed by atoms with Gasteiger partial charge in [-0.3, -0.25) is 9.36 Å². The molecule has 1 aliphatic heterocycles. The van der Waals surface area contributed by atoms with Crippen molar-refractivity contribution >= 4 is 23.4 Å². The highest BCUT2D eigenvalue weighted by Crippen LogP contribution is 2.36. The molecule has 3 aromatic carbocycles. The molecule has 2 heterocycles. The van der Waals surface area contributed by atoms with Crippen LogP contribution >= 0.6 is 11.3 Å². The fraction of sp³-hybridized carbons (Fsp3) is 0.286. The Bertz CT molecular complexity index is 1890. The average Bonchev–Trinajstić information content (AvgIpc) is 3.37. The molecule has 0 aliphatic carbocycles. The quantitative estimate of drug-likeness (QED) is 0.158. The number of esters is 1. The van der Waals surface area contributed by atoms with Crippen molar-refractivity contribution in [1.82, 2.24) is 4.57 Å². The number of thiazole rings is 1. The lowest BCUT2D eigenvalue weighted by atomic mass is 9.95. The average molecular weight is 629 g/mol. The minimum Gasteiger partial charge on any atom is -0.493 e. The monoisotopic (exact) mass is 628 g/mol. The number of methoxy groups -OCH3 is 3. The highest BCUT2D eigenvalue weighted by atomic mass is 32.1.